The lowest BCUT2D eigenvalue weighted by Crippen LogP contribution is -2.62. The number of nitrogens with one attached hydrogen (secondary N) is 11. The zero-order valence-corrected chi connectivity index (χ0v) is 49.4. The van der Waals surface area contributed by atoms with Crippen molar-refractivity contribution in [3.8, 4) is 0 Å². The van der Waals surface area contributed by atoms with E-state index >= 15 is 0 Å². The molecule has 1 saturated heterocycles. The highest BCUT2D eigenvalue weighted by atomic mass is 32.1. The quantitative estimate of drug-likeness (QED) is 0.0276. The van der Waals surface area contributed by atoms with E-state index in [0.717, 1.165) is 25.7 Å². The Hall–Kier alpha value is -6.50. The van der Waals surface area contributed by atoms with E-state index in [1.807, 2.05) is 0 Å². The van der Waals surface area contributed by atoms with Crippen LogP contribution in [0.4, 0.5) is 0 Å². The molecule has 28 nitrogen and oxygen atoms in total. The van der Waals surface area contributed by atoms with E-state index in [1.54, 1.807) is 44.2 Å². The van der Waals surface area contributed by atoms with Gasteiger partial charge in [0, 0.05) is 25.1 Å². The first-order chi connectivity index (χ1) is 39.4. The summed E-state index contributed by atoms with van der Waals surface area (Å²) in [5, 5.41) is 49.5. The maximum absolute atomic E-state index is 14.5. The Morgan fingerprint density at radius 1 is 0.602 bits per heavy atom. The van der Waals surface area contributed by atoms with Gasteiger partial charge in [-0.2, -0.15) is 12.6 Å². The summed E-state index contributed by atoms with van der Waals surface area (Å²) in [6.45, 7) is 6.90. The normalized spacial score (nSPS) is 22.8. The number of rotatable bonds is 28. The van der Waals surface area contributed by atoms with Gasteiger partial charge in [-0.25, -0.2) is 0 Å². The van der Waals surface area contributed by atoms with Gasteiger partial charge < -0.3 is 91.6 Å². The molecule has 11 amide bonds. The summed E-state index contributed by atoms with van der Waals surface area (Å²) < 4.78 is 0. The zero-order chi connectivity index (χ0) is 62.2. The van der Waals surface area contributed by atoms with E-state index in [-0.39, 0.29) is 82.8 Å². The van der Waals surface area contributed by atoms with Crippen molar-refractivity contribution in [1.29, 1.82) is 0 Å². The maximum Gasteiger partial charge on any atom is 0.245 e. The molecule has 1 heterocycles. The van der Waals surface area contributed by atoms with E-state index in [4.69, 9.17) is 22.9 Å². The second kappa shape index (κ2) is 39.1. The van der Waals surface area contributed by atoms with E-state index in [1.165, 1.54) is 13.8 Å². The lowest BCUT2D eigenvalue weighted by Gasteiger charge is -2.29. The maximum atomic E-state index is 14.5. The molecule has 0 spiro atoms. The SMILES string of the molecule is CCCCCCCC(=O)N[C@@H](CS)C(=O)N[C@H](C(=O)N[C@@H](CCN)C(=O)N[C@H]1CCNC(=O)[C@H]([C@@H](C)O)NC(=O)[C@H](CCN)NC(=O)[C@H](CCN)NC(=O)[C@H](CC(C)C)NC(=O)[C@@H](Cc2ccccc2)NC(=O)[C@H](CCN)NC1=O)[C@@H](C)O. The first-order valence-corrected chi connectivity index (χ1v) is 29.2. The van der Waals surface area contributed by atoms with Crippen LogP contribution in [0.25, 0.3) is 0 Å². The number of hydrogen-bond acceptors (Lipinski definition) is 18. The number of unbranched alkanes of at least 4 members (excludes halogenated alkanes) is 4. The Morgan fingerprint density at radius 2 is 1.12 bits per heavy atom. The molecule has 0 radical (unpaired) electrons. The Bertz CT molecular complexity index is 2270. The molecule has 0 bridgehead atoms. The summed E-state index contributed by atoms with van der Waals surface area (Å²) in [5.41, 5.74) is 24.1. The summed E-state index contributed by atoms with van der Waals surface area (Å²) in [5.74, 6) is -10.1. The molecule has 21 N–H and O–H groups in total. The smallest absolute Gasteiger partial charge is 0.245 e. The van der Waals surface area contributed by atoms with Gasteiger partial charge in [-0.15, -0.1) is 0 Å². The number of benzene rings is 1. The third-order valence-corrected chi connectivity index (χ3v) is 13.8. The molecule has 1 aromatic rings. The Labute approximate surface area is 491 Å². The Balaban J connectivity index is 2.67. The van der Waals surface area contributed by atoms with Crippen molar-refractivity contribution >= 4 is 77.6 Å². The lowest BCUT2D eigenvalue weighted by atomic mass is 10.00. The van der Waals surface area contributed by atoms with Gasteiger partial charge in [0.05, 0.1) is 12.2 Å². The second-order valence-corrected chi connectivity index (χ2v) is 21.4. The van der Waals surface area contributed by atoms with Crippen LogP contribution in [-0.4, -0.2) is 186 Å². The van der Waals surface area contributed by atoms with E-state index in [0.29, 0.717) is 12.0 Å². The number of carbonyl (C=O) groups excluding carboxylic acids is 11. The summed E-state index contributed by atoms with van der Waals surface area (Å²) in [7, 11) is 0. The number of carbonyl (C=O) groups is 11. The van der Waals surface area contributed by atoms with Gasteiger partial charge in [0.25, 0.3) is 0 Å². The number of thiol groups is 1. The second-order valence-electron chi connectivity index (χ2n) is 21.1. The molecule has 1 aliphatic heterocycles. The van der Waals surface area contributed by atoms with Gasteiger partial charge in [-0.3, -0.25) is 52.7 Å². The summed E-state index contributed by atoms with van der Waals surface area (Å²) >= 11 is 4.20. The van der Waals surface area contributed by atoms with Crippen LogP contribution in [0.5, 0.6) is 0 Å². The van der Waals surface area contributed by atoms with Gasteiger partial charge in [0.15, 0.2) is 0 Å². The highest BCUT2D eigenvalue weighted by Crippen LogP contribution is 2.12. The minimum Gasteiger partial charge on any atom is -0.391 e. The van der Waals surface area contributed by atoms with E-state index in [2.05, 4.69) is 78.0 Å². The van der Waals surface area contributed by atoms with Crippen LogP contribution in [0.2, 0.25) is 0 Å². The summed E-state index contributed by atoms with van der Waals surface area (Å²) in [6.07, 6.45) is 0.0884. The largest absolute Gasteiger partial charge is 0.391 e. The van der Waals surface area contributed by atoms with E-state index in [9.17, 15) is 63.0 Å². The average Bonchev–Trinajstić information content (AvgIpc) is 3.59. The number of aliphatic hydroxyl groups is 2. The molecule has 1 aliphatic rings. The topological polar surface area (TPSA) is 465 Å². The first kappa shape index (κ1) is 72.6. The van der Waals surface area contributed by atoms with E-state index < -0.39 is 151 Å². The monoisotopic (exact) mass is 1190 g/mol. The number of amides is 11. The van der Waals surface area contributed by atoms with Crippen molar-refractivity contribution in [1.82, 2.24) is 58.5 Å². The summed E-state index contributed by atoms with van der Waals surface area (Å²) in [6, 6.07) is -6.21. The van der Waals surface area contributed by atoms with Crippen molar-refractivity contribution < 1.29 is 63.0 Å². The molecule has 83 heavy (non-hydrogen) atoms. The molecule has 2 rings (SSSR count). The molecule has 0 saturated carbocycles. The molecule has 0 aliphatic carbocycles. The van der Waals surface area contributed by atoms with Gasteiger partial charge >= 0.3 is 0 Å². The minimum absolute atomic E-state index is 0.0468. The van der Waals surface area contributed by atoms with Crippen LogP contribution in [-0.2, 0) is 59.2 Å². The van der Waals surface area contributed by atoms with Gasteiger partial charge in [-0.05, 0) is 96.5 Å². The fourth-order valence-electron chi connectivity index (χ4n) is 8.79. The standard InChI is InChI=1S/C54H93N15O13S/c1-6-7-8-9-13-16-42(72)60-41(29-83)52(80)69-44(32(5)71)54(82)65-36(19-24-57)46(74)64-38-21-26-59-53(81)43(31(4)70)68-49(77)37(20-25-58)62-45(73)34(17-22-55)63-50(78)39(27-30(2)3)66-51(79)40(28-33-14-11-10-12-15-33)67-47(75)35(18-23-56)61-48(38)76/h10-12,14-15,30-32,34-41,43-44,70-71,83H,6-9,13,16-29,55-58H2,1-5H3,(H,59,81)(H,60,72)(H,61,76)(H,62,73)(H,63,78)(H,64,74)(H,65,82)(H,66,79)(H,67,75)(H,68,77)(H,69,80)/t31-,32-,34+,35+,36+,37+,38+,39+,40-,41+,43+,44+/m1/s1. The fraction of sp³-hybridized carbons (Fsp3) is 0.685. The van der Waals surface area contributed by atoms with Crippen molar-refractivity contribution in [3.05, 3.63) is 35.9 Å². The predicted molar refractivity (Wildman–Crippen MR) is 312 cm³/mol. The first-order valence-electron chi connectivity index (χ1n) is 28.6. The minimum atomic E-state index is -1.69. The molecular weight excluding hydrogens is 1100 g/mol. The van der Waals surface area contributed by atoms with Crippen LogP contribution < -0.4 is 81.4 Å². The van der Waals surface area contributed by atoms with Crippen LogP contribution in [0, 0.1) is 5.92 Å². The highest BCUT2D eigenvalue weighted by molar-refractivity contribution is 7.80. The van der Waals surface area contributed by atoms with Crippen molar-refractivity contribution in [2.24, 2.45) is 28.9 Å². The summed E-state index contributed by atoms with van der Waals surface area (Å²) in [4.78, 5) is 153. The van der Waals surface area contributed by atoms with Crippen LogP contribution in [0.15, 0.2) is 30.3 Å². The van der Waals surface area contributed by atoms with Crippen molar-refractivity contribution in [3.63, 3.8) is 0 Å². The van der Waals surface area contributed by atoms with Crippen molar-refractivity contribution in [2.45, 2.75) is 191 Å². The number of nitrogens with two attached hydrogens (primary N) is 4. The zero-order valence-electron chi connectivity index (χ0n) is 48.5. The predicted octanol–water partition coefficient (Wildman–Crippen LogP) is -4.91. The third kappa shape index (κ3) is 26.3. The molecule has 1 fully saturated rings. The number of hydrogen-bond donors (Lipinski definition) is 18. The molecule has 1 aromatic carbocycles. The molecule has 0 aromatic heterocycles. The lowest BCUT2D eigenvalue weighted by molar-refractivity contribution is -0.137. The molecule has 29 heteroatoms. The third-order valence-electron chi connectivity index (χ3n) is 13.4. The Morgan fingerprint density at radius 3 is 1.64 bits per heavy atom. The van der Waals surface area contributed by atoms with Crippen LogP contribution in [0.1, 0.15) is 117 Å². The van der Waals surface area contributed by atoms with Crippen molar-refractivity contribution in [2.75, 3.05) is 38.5 Å². The van der Waals surface area contributed by atoms with Gasteiger partial charge in [0.1, 0.15) is 60.4 Å². The molecular formula is C54H93N15O13S. The fourth-order valence-corrected chi connectivity index (χ4v) is 9.04. The van der Waals surface area contributed by atoms with Gasteiger partial charge in [-0.1, -0.05) is 76.8 Å². The van der Waals surface area contributed by atoms with Crippen LogP contribution >= 0.6 is 12.6 Å². The highest BCUT2D eigenvalue weighted by Gasteiger charge is 2.37. The average molecular weight is 1190 g/mol. The molecule has 0 unspecified atom stereocenters. The van der Waals surface area contributed by atoms with Crippen LogP contribution in [0.3, 0.4) is 0 Å². The molecule has 12 atom stereocenters. The molecule has 468 valence electrons. The Kier molecular flexibility index (Phi) is 34.2. The number of aliphatic hydroxyl groups excluding tert-OH is 2. The van der Waals surface area contributed by atoms with Gasteiger partial charge in [0.2, 0.25) is 65.0 Å².